The molecule has 0 spiro atoms. The third kappa shape index (κ3) is 1.88. The van der Waals surface area contributed by atoms with Gasteiger partial charge in [-0.15, -0.1) is 5.10 Å². The zero-order chi connectivity index (χ0) is 14.4. The first-order valence-corrected chi connectivity index (χ1v) is 7.10. The van der Waals surface area contributed by atoms with E-state index in [9.17, 15) is 4.39 Å². The van der Waals surface area contributed by atoms with Crippen molar-refractivity contribution in [1.82, 2.24) is 14.6 Å². The van der Waals surface area contributed by atoms with Crippen molar-refractivity contribution in [1.29, 1.82) is 0 Å². The maximum atomic E-state index is 14.0. The second-order valence-electron chi connectivity index (χ2n) is 5.33. The zero-order valence-electron chi connectivity index (χ0n) is 11.8. The van der Waals surface area contributed by atoms with Gasteiger partial charge in [-0.05, 0) is 37.6 Å². The van der Waals surface area contributed by atoms with Gasteiger partial charge in [0, 0.05) is 18.7 Å². The third-order valence-corrected chi connectivity index (χ3v) is 4.00. The van der Waals surface area contributed by atoms with Gasteiger partial charge in [-0.2, -0.15) is 0 Å². The van der Waals surface area contributed by atoms with Gasteiger partial charge < -0.3 is 4.90 Å². The molecular weight excluding hydrogens is 267 g/mol. The second-order valence-corrected chi connectivity index (χ2v) is 5.33. The van der Waals surface area contributed by atoms with Crippen LogP contribution in [-0.4, -0.2) is 27.7 Å². The standard InChI is InChI=1S/C16H15FN4/c1-11-16(12-5-2-3-6-13(12)17)18-14-7-8-15(19-21(11)14)20-9-4-10-20/h2-3,5-8H,4,9-10H2,1H3. The van der Waals surface area contributed by atoms with Crippen LogP contribution < -0.4 is 4.90 Å². The molecule has 1 aromatic carbocycles. The fraction of sp³-hybridized carbons (Fsp3) is 0.250. The smallest absolute Gasteiger partial charge is 0.154 e. The van der Waals surface area contributed by atoms with Crippen LogP contribution in [0.2, 0.25) is 0 Å². The van der Waals surface area contributed by atoms with Crippen LogP contribution >= 0.6 is 0 Å². The van der Waals surface area contributed by atoms with Crippen LogP contribution in [0.5, 0.6) is 0 Å². The minimum Gasteiger partial charge on any atom is -0.355 e. The molecule has 0 N–H and O–H groups in total. The van der Waals surface area contributed by atoms with Gasteiger partial charge in [0.05, 0.1) is 11.4 Å². The Morgan fingerprint density at radius 2 is 1.90 bits per heavy atom. The van der Waals surface area contributed by atoms with E-state index in [4.69, 9.17) is 0 Å². The molecule has 21 heavy (non-hydrogen) atoms. The number of nitrogens with zero attached hydrogens (tertiary/aromatic N) is 4. The Morgan fingerprint density at radius 1 is 1.10 bits per heavy atom. The van der Waals surface area contributed by atoms with Crippen LogP contribution in [0.25, 0.3) is 16.9 Å². The molecule has 0 bridgehead atoms. The number of hydrogen-bond donors (Lipinski definition) is 0. The summed E-state index contributed by atoms with van der Waals surface area (Å²) in [4.78, 5) is 6.75. The molecule has 0 radical (unpaired) electrons. The molecule has 2 aromatic heterocycles. The van der Waals surface area contributed by atoms with Gasteiger partial charge in [-0.25, -0.2) is 13.9 Å². The molecule has 3 aromatic rings. The van der Waals surface area contributed by atoms with Crippen molar-refractivity contribution in [2.45, 2.75) is 13.3 Å². The molecule has 1 aliphatic heterocycles. The van der Waals surface area contributed by atoms with Crippen LogP contribution in [-0.2, 0) is 0 Å². The number of rotatable bonds is 2. The number of aromatic nitrogens is 3. The summed E-state index contributed by atoms with van der Waals surface area (Å²) in [5.41, 5.74) is 2.78. The van der Waals surface area contributed by atoms with Crippen molar-refractivity contribution in [2.24, 2.45) is 0 Å². The van der Waals surface area contributed by atoms with Crippen LogP contribution in [0, 0.1) is 12.7 Å². The van der Waals surface area contributed by atoms with Gasteiger partial charge >= 0.3 is 0 Å². The molecule has 0 amide bonds. The summed E-state index contributed by atoms with van der Waals surface area (Å²) in [5, 5.41) is 4.63. The Kier molecular flexibility index (Phi) is 2.67. The minimum atomic E-state index is -0.257. The molecule has 3 heterocycles. The van der Waals surface area contributed by atoms with E-state index in [2.05, 4.69) is 15.0 Å². The molecule has 5 heteroatoms. The lowest BCUT2D eigenvalue weighted by molar-refractivity contribution is 0.602. The van der Waals surface area contributed by atoms with E-state index in [0.717, 1.165) is 30.2 Å². The molecule has 106 valence electrons. The second kappa shape index (κ2) is 4.55. The van der Waals surface area contributed by atoms with Gasteiger partial charge in [0.1, 0.15) is 11.6 Å². The summed E-state index contributed by atoms with van der Waals surface area (Å²) in [6.45, 7) is 4.02. The largest absolute Gasteiger partial charge is 0.355 e. The van der Waals surface area contributed by atoms with Crippen molar-refractivity contribution < 1.29 is 4.39 Å². The van der Waals surface area contributed by atoms with E-state index in [-0.39, 0.29) is 5.82 Å². The number of imidazole rings is 1. The van der Waals surface area contributed by atoms with E-state index < -0.39 is 0 Å². The molecule has 0 saturated carbocycles. The maximum Gasteiger partial charge on any atom is 0.154 e. The van der Waals surface area contributed by atoms with Crippen molar-refractivity contribution >= 4 is 11.5 Å². The molecule has 0 aliphatic carbocycles. The predicted octanol–water partition coefficient (Wildman–Crippen LogP) is 3.05. The number of hydrogen-bond acceptors (Lipinski definition) is 3. The van der Waals surface area contributed by atoms with Gasteiger partial charge in [0.25, 0.3) is 0 Å². The zero-order valence-corrected chi connectivity index (χ0v) is 11.8. The summed E-state index contributed by atoms with van der Waals surface area (Å²) in [7, 11) is 0. The van der Waals surface area contributed by atoms with Crippen molar-refractivity contribution in [3.05, 3.63) is 47.9 Å². The van der Waals surface area contributed by atoms with Gasteiger partial charge in [-0.1, -0.05) is 12.1 Å². The Hall–Kier alpha value is -2.43. The fourth-order valence-corrected chi connectivity index (χ4v) is 2.66. The Balaban J connectivity index is 1.88. The van der Waals surface area contributed by atoms with Crippen LogP contribution in [0.1, 0.15) is 12.1 Å². The normalized spacial score (nSPS) is 14.5. The first-order chi connectivity index (χ1) is 10.2. The number of aryl methyl sites for hydroxylation is 1. The lowest BCUT2D eigenvalue weighted by Crippen LogP contribution is -2.37. The van der Waals surface area contributed by atoms with Crippen LogP contribution in [0.4, 0.5) is 10.2 Å². The maximum absolute atomic E-state index is 14.0. The van der Waals surface area contributed by atoms with Gasteiger partial charge in [-0.3, -0.25) is 0 Å². The summed E-state index contributed by atoms with van der Waals surface area (Å²) in [6.07, 6.45) is 1.21. The SMILES string of the molecule is Cc1c(-c2ccccc2F)nc2ccc(N3CCC3)nn12. The average Bonchev–Trinajstić information content (AvgIpc) is 2.75. The monoisotopic (exact) mass is 282 g/mol. The van der Waals surface area contributed by atoms with Crippen molar-refractivity contribution in [2.75, 3.05) is 18.0 Å². The molecule has 1 fully saturated rings. The van der Waals surface area contributed by atoms with Crippen molar-refractivity contribution in [3.8, 4) is 11.3 Å². The molecule has 4 nitrogen and oxygen atoms in total. The minimum absolute atomic E-state index is 0.257. The third-order valence-electron chi connectivity index (χ3n) is 4.00. The van der Waals surface area contributed by atoms with Crippen molar-refractivity contribution in [3.63, 3.8) is 0 Å². The van der Waals surface area contributed by atoms with E-state index in [1.807, 2.05) is 25.1 Å². The highest BCUT2D eigenvalue weighted by Gasteiger charge is 2.19. The average molecular weight is 282 g/mol. The quantitative estimate of drug-likeness (QED) is 0.724. The van der Waals surface area contributed by atoms with E-state index >= 15 is 0 Å². The molecule has 1 aliphatic rings. The number of fused-ring (bicyclic) bond motifs is 1. The molecular formula is C16H15FN4. The predicted molar refractivity (Wildman–Crippen MR) is 79.9 cm³/mol. The molecule has 1 saturated heterocycles. The molecule has 0 unspecified atom stereocenters. The number of anilines is 1. The highest BCUT2D eigenvalue weighted by atomic mass is 19.1. The molecule has 0 atom stereocenters. The highest BCUT2D eigenvalue weighted by Crippen LogP contribution is 2.27. The molecule has 4 rings (SSSR count). The van der Waals surface area contributed by atoms with Gasteiger partial charge in [0.15, 0.2) is 5.65 Å². The fourth-order valence-electron chi connectivity index (χ4n) is 2.66. The topological polar surface area (TPSA) is 33.4 Å². The first kappa shape index (κ1) is 12.3. The Bertz CT molecular complexity index is 820. The summed E-state index contributed by atoms with van der Waals surface area (Å²) >= 11 is 0. The summed E-state index contributed by atoms with van der Waals surface area (Å²) in [6, 6.07) is 10.6. The summed E-state index contributed by atoms with van der Waals surface area (Å²) < 4.78 is 15.8. The van der Waals surface area contributed by atoms with E-state index in [0.29, 0.717) is 11.3 Å². The summed E-state index contributed by atoms with van der Waals surface area (Å²) in [5.74, 6) is 0.696. The lowest BCUT2D eigenvalue weighted by atomic mass is 10.1. The lowest BCUT2D eigenvalue weighted by Gasteiger charge is -2.31. The van der Waals surface area contributed by atoms with E-state index in [1.54, 1.807) is 16.6 Å². The first-order valence-electron chi connectivity index (χ1n) is 7.10. The Labute approximate surface area is 121 Å². The Morgan fingerprint density at radius 3 is 2.62 bits per heavy atom. The number of benzene rings is 1. The van der Waals surface area contributed by atoms with Crippen LogP contribution in [0.3, 0.4) is 0 Å². The number of halogens is 1. The van der Waals surface area contributed by atoms with Crippen LogP contribution in [0.15, 0.2) is 36.4 Å². The van der Waals surface area contributed by atoms with Gasteiger partial charge in [0.2, 0.25) is 0 Å². The highest BCUT2D eigenvalue weighted by molar-refractivity contribution is 5.67. The van der Waals surface area contributed by atoms with E-state index in [1.165, 1.54) is 12.5 Å².